The molecule has 0 aliphatic heterocycles. The molecule has 2 unspecified atom stereocenters. The number of rotatable bonds is 1. The summed E-state index contributed by atoms with van der Waals surface area (Å²) in [6.45, 7) is 2.14. The average Bonchev–Trinajstić information content (AvgIpc) is 2.63. The Kier molecular flexibility index (Phi) is 3.35. The molecule has 3 rings (SSSR count). The van der Waals surface area contributed by atoms with Crippen LogP contribution in [0.25, 0.3) is 10.2 Å². The van der Waals surface area contributed by atoms with Crippen molar-refractivity contribution in [2.45, 2.75) is 51.0 Å². The Labute approximate surface area is 112 Å². The molecule has 1 saturated carbocycles. The highest BCUT2D eigenvalue weighted by molar-refractivity contribution is 7.18. The molecule has 1 aromatic carbocycles. The predicted octanol–water partition coefficient (Wildman–Crippen LogP) is 3.98. The molecule has 0 radical (unpaired) electrons. The molecule has 2 atom stereocenters. The maximum atomic E-state index is 6.33. The van der Waals surface area contributed by atoms with E-state index in [1.807, 2.05) is 11.3 Å². The number of aryl methyl sites for hydroxylation is 1. The summed E-state index contributed by atoms with van der Waals surface area (Å²) < 4.78 is 1.31. The zero-order valence-corrected chi connectivity index (χ0v) is 11.7. The number of thiazole rings is 1. The fourth-order valence-corrected chi connectivity index (χ4v) is 4.13. The summed E-state index contributed by atoms with van der Waals surface area (Å²) in [6, 6.07) is 6.80. The molecule has 1 fully saturated rings. The van der Waals surface area contributed by atoms with E-state index in [0.717, 1.165) is 11.9 Å². The van der Waals surface area contributed by atoms with Crippen molar-refractivity contribution in [2.75, 3.05) is 0 Å². The molecule has 2 N–H and O–H groups in total. The SMILES string of the molecule is Cc1ccc2nc(C3CCCCCC3N)sc2c1. The second kappa shape index (κ2) is 4.98. The number of aromatic nitrogens is 1. The lowest BCUT2D eigenvalue weighted by Crippen LogP contribution is -2.27. The van der Waals surface area contributed by atoms with Crippen LogP contribution in [0.15, 0.2) is 18.2 Å². The van der Waals surface area contributed by atoms with Crippen LogP contribution >= 0.6 is 11.3 Å². The molecule has 0 spiro atoms. The minimum Gasteiger partial charge on any atom is -0.327 e. The number of nitrogens with zero attached hydrogens (tertiary/aromatic N) is 1. The van der Waals surface area contributed by atoms with Gasteiger partial charge in [-0.15, -0.1) is 11.3 Å². The Bertz CT molecular complexity index is 546. The van der Waals surface area contributed by atoms with Crippen LogP contribution in [0.2, 0.25) is 0 Å². The smallest absolute Gasteiger partial charge is 0.0984 e. The van der Waals surface area contributed by atoms with Crippen molar-refractivity contribution in [2.24, 2.45) is 5.73 Å². The summed E-state index contributed by atoms with van der Waals surface area (Å²) in [5, 5.41) is 1.25. The van der Waals surface area contributed by atoms with Crippen LogP contribution in [0, 0.1) is 6.92 Å². The summed E-state index contributed by atoms with van der Waals surface area (Å²) >= 11 is 1.84. The Balaban J connectivity index is 1.97. The van der Waals surface area contributed by atoms with Gasteiger partial charge in [-0.05, 0) is 37.5 Å². The van der Waals surface area contributed by atoms with Gasteiger partial charge in [-0.25, -0.2) is 4.98 Å². The molecule has 1 aromatic heterocycles. The quantitative estimate of drug-likeness (QED) is 0.788. The van der Waals surface area contributed by atoms with E-state index in [-0.39, 0.29) is 0 Å². The lowest BCUT2D eigenvalue weighted by Gasteiger charge is -2.18. The third-order valence-corrected chi connectivity index (χ3v) is 5.10. The highest BCUT2D eigenvalue weighted by Gasteiger charge is 2.24. The van der Waals surface area contributed by atoms with Crippen LogP contribution in [-0.2, 0) is 0 Å². The van der Waals surface area contributed by atoms with Crippen molar-refractivity contribution in [1.82, 2.24) is 4.98 Å². The zero-order valence-electron chi connectivity index (χ0n) is 10.9. The average molecular weight is 260 g/mol. The van der Waals surface area contributed by atoms with Crippen LogP contribution in [0.4, 0.5) is 0 Å². The van der Waals surface area contributed by atoms with E-state index in [2.05, 4.69) is 25.1 Å². The van der Waals surface area contributed by atoms with E-state index in [4.69, 9.17) is 10.7 Å². The Hall–Kier alpha value is -0.930. The normalized spacial score (nSPS) is 25.2. The molecule has 1 aliphatic carbocycles. The Morgan fingerprint density at radius 1 is 1.22 bits per heavy atom. The van der Waals surface area contributed by atoms with Gasteiger partial charge in [0.15, 0.2) is 0 Å². The lowest BCUT2D eigenvalue weighted by molar-refractivity contribution is 0.504. The maximum Gasteiger partial charge on any atom is 0.0984 e. The number of nitrogens with two attached hydrogens (primary N) is 1. The monoisotopic (exact) mass is 260 g/mol. The van der Waals surface area contributed by atoms with E-state index < -0.39 is 0 Å². The standard InChI is InChI=1S/C15H20N2S/c1-10-7-8-13-14(9-10)18-15(17-13)11-5-3-2-4-6-12(11)16/h7-9,11-12H,2-6,16H2,1H3. The Morgan fingerprint density at radius 2 is 2.06 bits per heavy atom. The first kappa shape index (κ1) is 12.1. The summed E-state index contributed by atoms with van der Waals surface area (Å²) in [6.07, 6.45) is 6.27. The van der Waals surface area contributed by atoms with Crippen LogP contribution in [0.1, 0.15) is 48.6 Å². The van der Waals surface area contributed by atoms with Crippen LogP contribution in [0.3, 0.4) is 0 Å². The van der Waals surface area contributed by atoms with Gasteiger partial charge in [-0.2, -0.15) is 0 Å². The minimum absolute atomic E-state index is 0.300. The topological polar surface area (TPSA) is 38.9 Å². The van der Waals surface area contributed by atoms with Gasteiger partial charge in [0, 0.05) is 12.0 Å². The number of benzene rings is 1. The van der Waals surface area contributed by atoms with Gasteiger partial charge in [0.1, 0.15) is 0 Å². The minimum atomic E-state index is 0.300. The van der Waals surface area contributed by atoms with Crippen LogP contribution < -0.4 is 5.73 Å². The van der Waals surface area contributed by atoms with Crippen LogP contribution in [0.5, 0.6) is 0 Å². The first-order valence-electron chi connectivity index (χ1n) is 6.87. The number of hydrogen-bond donors (Lipinski definition) is 1. The van der Waals surface area contributed by atoms with Crippen molar-refractivity contribution in [3.8, 4) is 0 Å². The molecule has 3 heteroatoms. The number of hydrogen-bond acceptors (Lipinski definition) is 3. The second-order valence-corrected chi connectivity index (χ2v) is 6.49. The molecule has 0 amide bonds. The van der Waals surface area contributed by atoms with E-state index in [1.165, 1.54) is 41.0 Å². The van der Waals surface area contributed by atoms with Crippen molar-refractivity contribution in [3.63, 3.8) is 0 Å². The molecular formula is C15H20N2S. The summed E-state index contributed by atoms with van der Waals surface area (Å²) in [5.41, 5.74) is 8.77. The van der Waals surface area contributed by atoms with E-state index in [1.54, 1.807) is 0 Å². The molecule has 96 valence electrons. The molecule has 0 saturated heterocycles. The first-order chi connectivity index (χ1) is 8.74. The number of fused-ring (bicyclic) bond motifs is 1. The van der Waals surface area contributed by atoms with E-state index in [9.17, 15) is 0 Å². The predicted molar refractivity (Wildman–Crippen MR) is 78.2 cm³/mol. The molecule has 1 aliphatic rings. The zero-order chi connectivity index (χ0) is 12.5. The third-order valence-electron chi connectivity index (χ3n) is 3.95. The fraction of sp³-hybridized carbons (Fsp3) is 0.533. The molecular weight excluding hydrogens is 240 g/mol. The summed E-state index contributed by atoms with van der Waals surface area (Å²) in [7, 11) is 0. The van der Waals surface area contributed by atoms with Gasteiger partial charge < -0.3 is 5.73 Å². The van der Waals surface area contributed by atoms with Gasteiger partial charge in [0.05, 0.1) is 15.2 Å². The van der Waals surface area contributed by atoms with Crippen molar-refractivity contribution in [3.05, 3.63) is 28.8 Å². The highest BCUT2D eigenvalue weighted by atomic mass is 32.1. The largest absolute Gasteiger partial charge is 0.327 e. The highest BCUT2D eigenvalue weighted by Crippen LogP contribution is 2.35. The molecule has 18 heavy (non-hydrogen) atoms. The maximum absolute atomic E-state index is 6.33. The van der Waals surface area contributed by atoms with Gasteiger partial charge >= 0.3 is 0 Å². The van der Waals surface area contributed by atoms with Gasteiger partial charge in [0.25, 0.3) is 0 Å². The van der Waals surface area contributed by atoms with Gasteiger partial charge in [-0.3, -0.25) is 0 Å². The van der Waals surface area contributed by atoms with E-state index >= 15 is 0 Å². The van der Waals surface area contributed by atoms with Crippen LogP contribution in [-0.4, -0.2) is 11.0 Å². The Morgan fingerprint density at radius 3 is 2.94 bits per heavy atom. The third kappa shape index (κ3) is 2.29. The van der Waals surface area contributed by atoms with Gasteiger partial charge in [-0.1, -0.05) is 25.3 Å². The van der Waals surface area contributed by atoms with E-state index in [0.29, 0.717) is 12.0 Å². The summed E-state index contributed by atoms with van der Waals surface area (Å²) in [4.78, 5) is 4.81. The first-order valence-corrected chi connectivity index (χ1v) is 7.68. The lowest BCUT2D eigenvalue weighted by atomic mass is 9.96. The van der Waals surface area contributed by atoms with Crippen molar-refractivity contribution < 1.29 is 0 Å². The molecule has 0 bridgehead atoms. The van der Waals surface area contributed by atoms with Gasteiger partial charge in [0.2, 0.25) is 0 Å². The fourth-order valence-electron chi connectivity index (χ4n) is 2.85. The second-order valence-electron chi connectivity index (χ2n) is 5.43. The summed E-state index contributed by atoms with van der Waals surface area (Å²) in [5.74, 6) is 0.477. The van der Waals surface area contributed by atoms with Crippen molar-refractivity contribution in [1.29, 1.82) is 0 Å². The molecule has 1 heterocycles. The molecule has 2 aromatic rings. The molecule has 2 nitrogen and oxygen atoms in total. The van der Waals surface area contributed by atoms with Crippen molar-refractivity contribution >= 4 is 21.6 Å².